The zero-order valence-corrected chi connectivity index (χ0v) is 28.3. The van der Waals surface area contributed by atoms with Crippen molar-refractivity contribution in [2.75, 3.05) is 6.61 Å². The van der Waals surface area contributed by atoms with Gasteiger partial charge in [0.15, 0.2) is 8.32 Å². The number of fused-ring (bicyclic) bond motifs is 1. The average Bonchev–Trinajstić information content (AvgIpc) is 3.53. The molecule has 0 unspecified atom stereocenters. The summed E-state index contributed by atoms with van der Waals surface area (Å²) in [6.45, 7) is 10.4. The Balaban J connectivity index is 1.35. The molecule has 6 nitrogen and oxygen atoms in total. The summed E-state index contributed by atoms with van der Waals surface area (Å²) < 4.78 is 64.1. The second-order valence-corrected chi connectivity index (χ2v) is 18.5. The zero-order valence-electron chi connectivity index (χ0n) is 27.3. The molecule has 0 bridgehead atoms. The Kier molecular flexibility index (Phi) is 10.0. The molecule has 5 rings (SSSR count). The van der Waals surface area contributed by atoms with Crippen LogP contribution in [-0.2, 0) is 24.9 Å². The lowest BCUT2D eigenvalue weighted by Crippen LogP contribution is -2.45. The van der Waals surface area contributed by atoms with Gasteiger partial charge >= 0.3 is 18.1 Å². The number of esters is 2. The molecule has 2 fully saturated rings. The van der Waals surface area contributed by atoms with Crippen LogP contribution >= 0.6 is 0 Å². The lowest BCUT2D eigenvalue weighted by molar-refractivity contribution is -0.142. The Morgan fingerprint density at radius 1 is 0.979 bits per heavy atom. The monoisotopic (exact) mass is 666 g/mol. The third-order valence-electron chi connectivity index (χ3n) is 9.41. The maximum absolute atomic E-state index is 13.3. The molecule has 0 N–H and O–H groups in total. The molecule has 2 aliphatic rings. The Labute approximate surface area is 275 Å². The fraction of sp³-hybridized carbons (Fsp3) is 0.405. The summed E-state index contributed by atoms with van der Waals surface area (Å²) in [5.74, 6) is -1.20. The first-order valence-corrected chi connectivity index (χ1v) is 18.7. The molecule has 5 atom stereocenters. The first kappa shape index (κ1) is 34.4. The molecule has 10 heteroatoms. The molecule has 3 aromatic carbocycles. The number of benzene rings is 3. The van der Waals surface area contributed by atoms with Gasteiger partial charge in [-0.05, 0) is 59.6 Å². The van der Waals surface area contributed by atoms with Crippen LogP contribution in [0.4, 0.5) is 13.2 Å². The summed E-state index contributed by atoms with van der Waals surface area (Å²) >= 11 is 0. The van der Waals surface area contributed by atoms with Crippen LogP contribution in [0.15, 0.2) is 91.0 Å². The van der Waals surface area contributed by atoms with Crippen LogP contribution in [0.5, 0.6) is 5.75 Å². The van der Waals surface area contributed by atoms with Gasteiger partial charge in [-0.15, -0.1) is 0 Å². The van der Waals surface area contributed by atoms with Crippen LogP contribution in [0.2, 0.25) is 18.1 Å². The number of ether oxygens (including phenoxy) is 3. The van der Waals surface area contributed by atoms with E-state index in [-0.39, 0.29) is 47.7 Å². The number of carbonyl (C=O) groups is 2. The second kappa shape index (κ2) is 13.7. The van der Waals surface area contributed by atoms with E-state index in [1.165, 1.54) is 12.1 Å². The van der Waals surface area contributed by atoms with Crippen molar-refractivity contribution < 1.29 is 41.4 Å². The first-order chi connectivity index (χ1) is 22.1. The summed E-state index contributed by atoms with van der Waals surface area (Å²) in [6.07, 6.45) is -1.72. The van der Waals surface area contributed by atoms with Crippen LogP contribution in [-0.4, -0.2) is 45.2 Å². The van der Waals surface area contributed by atoms with Crippen molar-refractivity contribution in [3.05, 3.63) is 102 Å². The molecule has 47 heavy (non-hydrogen) atoms. The van der Waals surface area contributed by atoms with Gasteiger partial charge in [-0.2, -0.15) is 13.2 Å². The number of hydrogen-bond acceptors (Lipinski definition) is 6. The molecule has 0 amide bonds. The lowest BCUT2D eigenvalue weighted by atomic mass is 9.91. The predicted octanol–water partition coefficient (Wildman–Crippen LogP) is 8.88. The second-order valence-electron chi connectivity index (χ2n) is 13.7. The van der Waals surface area contributed by atoms with Gasteiger partial charge in [-0.3, -0.25) is 4.79 Å². The van der Waals surface area contributed by atoms with E-state index in [0.717, 1.165) is 23.3 Å². The van der Waals surface area contributed by atoms with Crippen LogP contribution < -0.4 is 4.74 Å². The van der Waals surface area contributed by atoms with E-state index in [4.69, 9.17) is 18.6 Å². The normalized spacial score (nSPS) is 22.2. The molecular formula is C37H41F3O6Si. The Bertz CT molecular complexity index is 1580. The lowest BCUT2D eigenvalue weighted by Gasteiger charge is -2.38. The maximum atomic E-state index is 13.3. The van der Waals surface area contributed by atoms with Gasteiger partial charge in [0, 0.05) is 18.3 Å². The highest BCUT2D eigenvalue weighted by Gasteiger charge is 2.51. The Hall–Kier alpha value is -3.89. The number of halogens is 3. The maximum Gasteiger partial charge on any atom is 0.416 e. The van der Waals surface area contributed by atoms with Gasteiger partial charge in [0.25, 0.3) is 0 Å². The van der Waals surface area contributed by atoms with Crippen LogP contribution in [0.3, 0.4) is 0 Å². The van der Waals surface area contributed by atoms with Crippen LogP contribution in [0, 0.1) is 11.8 Å². The summed E-state index contributed by atoms with van der Waals surface area (Å²) in [4.78, 5) is 25.5. The van der Waals surface area contributed by atoms with Crippen molar-refractivity contribution in [3.63, 3.8) is 0 Å². The molecule has 0 spiro atoms. The topological polar surface area (TPSA) is 71.1 Å². The summed E-state index contributed by atoms with van der Waals surface area (Å²) in [6, 6.07) is 21.8. The first-order valence-electron chi connectivity index (χ1n) is 15.8. The van der Waals surface area contributed by atoms with Gasteiger partial charge in [0.05, 0.1) is 23.7 Å². The third kappa shape index (κ3) is 8.34. The smallest absolute Gasteiger partial charge is 0.416 e. The van der Waals surface area contributed by atoms with Gasteiger partial charge in [-0.25, -0.2) is 4.79 Å². The van der Waals surface area contributed by atoms with Gasteiger partial charge in [0.2, 0.25) is 0 Å². The van der Waals surface area contributed by atoms with Crippen LogP contribution in [0.1, 0.15) is 49.5 Å². The van der Waals surface area contributed by atoms with Gasteiger partial charge < -0.3 is 18.6 Å². The molecule has 1 saturated heterocycles. The van der Waals surface area contributed by atoms with E-state index in [1.54, 1.807) is 12.1 Å². The number of rotatable bonds is 10. The van der Waals surface area contributed by atoms with Gasteiger partial charge in [0.1, 0.15) is 24.6 Å². The number of hydrogen-bond donors (Lipinski definition) is 0. The van der Waals surface area contributed by atoms with E-state index in [9.17, 15) is 22.8 Å². The number of carbonyl (C=O) groups excluding carboxylic acids is 2. The van der Waals surface area contributed by atoms with Crippen molar-refractivity contribution >= 4 is 20.3 Å². The van der Waals surface area contributed by atoms with Crippen molar-refractivity contribution in [2.45, 2.75) is 76.2 Å². The minimum atomic E-state index is -4.49. The quantitative estimate of drug-likeness (QED) is 0.122. The summed E-state index contributed by atoms with van der Waals surface area (Å²) in [5.41, 5.74) is 1.63. The van der Waals surface area contributed by atoms with E-state index < -0.39 is 38.2 Å². The highest BCUT2D eigenvalue weighted by Crippen LogP contribution is 2.44. The van der Waals surface area contributed by atoms with Crippen molar-refractivity contribution in [2.24, 2.45) is 11.8 Å². The minimum absolute atomic E-state index is 0.0290. The molecule has 1 aliphatic heterocycles. The molecule has 0 radical (unpaired) electrons. The SMILES string of the molecule is CC(C)(C)[Si](C)(C)O[C@H](C=C[C@@H]1[C@H]2CC(=O)O[C@H]2C[C@H]1OC(=O)c1ccc(-c2ccccc2)cc1)COc1cccc(C(F)(F)F)c1. The van der Waals surface area contributed by atoms with Crippen LogP contribution in [0.25, 0.3) is 11.1 Å². The third-order valence-corrected chi connectivity index (χ3v) is 13.9. The highest BCUT2D eigenvalue weighted by molar-refractivity contribution is 6.74. The molecule has 0 aromatic heterocycles. The van der Waals surface area contributed by atoms with Gasteiger partial charge in [-0.1, -0.05) is 81.5 Å². The minimum Gasteiger partial charge on any atom is -0.491 e. The summed E-state index contributed by atoms with van der Waals surface area (Å²) in [7, 11) is -2.35. The average molecular weight is 667 g/mol. The van der Waals surface area contributed by atoms with Crippen molar-refractivity contribution in [3.8, 4) is 16.9 Å². The molecule has 3 aromatic rings. The molecule has 1 aliphatic carbocycles. The molecule has 1 saturated carbocycles. The van der Waals surface area contributed by atoms with E-state index in [1.807, 2.05) is 54.6 Å². The molecule has 1 heterocycles. The van der Waals surface area contributed by atoms with Crippen molar-refractivity contribution in [1.29, 1.82) is 0 Å². The largest absolute Gasteiger partial charge is 0.491 e. The standard InChI is InChI=1S/C37H41F3O6Si/c1-36(2,3)47(4,5)46-29(23-43-28-13-9-12-27(20-28)37(38,39)40)18-19-30-31-21-34(41)44-33(31)22-32(30)45-35(42)26-16-14-25(15-17-26)24-10-7-6-8-11-24/h6-20,29-33H,21-23H2,1-5H3/t29-,30-,31-,32-,33+/m1/s1. The zero-order chi connectivity index (χ0) is 34.0. The fourth-order valence-corrected chi connectivity index (χ4v) is 7.06. The predicted molar refractivity (Wildman–Crippen MR) is 175 cm³/mol. The number of alkyl halides is 3. The van der Waals surface area contributed by atoms with E-state index >= 15 is 0 Å². The molecular weight excluding hydrogens is 625 g/mol. The highest BCUT2D eigenvalue weighted by atomic mass is 28.4. The van der Waals surface area contributed by atoms with Crippen molar-refractivity contribution in [1.82, 2.24) is 0 Å². The fourth-order valence-electron chi connectivity index (χ4n) is 5.80. The van der Waals surface area contributed by atoms with E-state index in [0.29, 0.717) is 12.0 Å². The Morgan fingerprint density at radius 2 is 1.66 bits per heavy atom. The van der Waals surface area contributed by atoms with E-state index in [2.05, 4.69) is 33.9 Å². The summed E-state index contributed by atoms with van der Waals surface area (Å²) in [5, 5.41) is -0.145. The Morgan fingerprint density at radius 3 is 2.32 bits per heavy atom. The molecule has 250 valence electrons.